The first-order chi connectivity index (χ1) is 9.59. The number of aromatic amines is 1. The molecule has 0 unspecified atom stereocenters. The van der Waals surface area contributed by atoms with E-state index in [0.717, 1.165) is 17.0 Å². The molecule has 0 amide bonds. The normalized spacial score (nSPS) is 12.1. The smallest absolute Gasteiger partial charge is 0.122 e. The van der Waals surface area contributed by atoms with E-state index in [-0.39, 0.29) is 23.2 Å². The Morgan fingerprint density at radius 3 is 2.14 bits per heavy atom. The quantitative estimate of drug-likeness (QED) is 0.840. The van der Waals surface area contributed by atoms with E-state index in [1.807, 2.05) is 6.20 Å². The van der Waals surface area contributed by atoms with Crippen molar-refractivity contribution in [2.75, 3.05) is 0 Å². The third-order valence-corrected chi connectivity index (χ3v) is 3.78. The Bertz CT molecular complexity index is 620. The standard InChI is InChI=1S/C18H26N2O.ClH/c1-17(2,3)13-9-12(10-15-19-7-8-20-15)16(21)14(11-13)18(4,5)6;/h7-9,11,21H,10H2,1-6H3,(H,19,20);1H. The van der Waals surface area contributed by atoms with Gasteiger partial charge in [0.2, 0.25) is 0 Å². The summed E-state index contributed by atoms with van der Waals surface area (Å²) in [6, 6.07) is 4.24. The molecule has 3 nitrogen and oxygen atoms in total. The fourth-order valence-electron chi connectivity index (χ4n) is 2.41. The maximum Gasteiger partial charge on any atom is 0.122 e. The summed E-state index contributed by atoms with van der Waals surface area (Å²) in [5, 5.41) is 10.7. The molecule has 2 aromatic rings. The van der Waals surface area contributed by atoms with E-state index in [9.17, 15) is 5.11 Å². The number of hydrogen-bond acceptors (Lipinski definition) is 2. The van der Waals surface area contributed by atoms with E-state index in [1.165, 1.54) is 5.56 Å². The van der Waals surface area contributed by atoms with Gasteiger partial charge < -0.3 is 10.1 Å². The zero-order chi connectivity index (χ0) is 15.8. The molecule has 22 heavy (non-hydrogen) atoms. The molecule has 4 heteroatoms. The van der Waals surface area contributed by atoms with Crippen molar-refractivity contribution in [3.8, 4) is 5.75 Å². The number of H-pyrrole nitrogens is 1. The zero-order valence-corrected chi connectivity index (χ0v) is 15.1. The molecule has 0 aliphatic carbocycles. The lowest BCUT2D eigenvalue weighted by molar-refractivity contribution is 0.439. The molecule has 2 rings (SSSR count). The lowest BCUT2D eigenvalue weighted by Gasteiger charge is -2.27. The van der Waals surface area contributed by atoms with Crippen LogP contribution in [0.2, 0.25) is 0 Å². The van der Waals surface area contributed by atoms with Crippen LogP contribution in [0.1, 0.15) is 64.1 Å². The summed E-state index contributed by atoms with van der Waals surface area (Å²) in [6.45, 7) is 13.0. The van der Waals surface area contributed by atoms with Crippen LogP contribution in [-0.2, 0) is 17.3 Å². The Labute approximate surface area is 139 Å². The first kappa shape index (κ1) is 18.6. The molecule has 122 valence electrons. The highest BCUT2D eigenvalue weighted by Gasteiger charge is 2.25. The van der Waals surface area contributed by atoms with E-state index in [4.69, 9.17) is 0 Å². The molecule has 1 aromatic carbocycles. The van der Waals surface area contributed by atoms with Crippen molar-refractivity contribution >= 4 is 12.4 Å². The van der Waals surface area contributed by atoms with Crippen LogP contribution in [0.4, 0.5) is 0 Å². The molecule has 0 saturated carbocycles. The fourth-order valence-corrected chi connectivity index (χ4v) is 2.41. The van der Waals surface area contributed by atoms with Crippen molar-refractivity contribution in [1.82, 2.24) is 9.97 Å². The lowest BCUT2D eigenvalue weighted by Crippen LogP contribution is -2.17. The molecule has 0 radical (unpaired) electrons. The van der Waals surface area contributed by atoms with Gasteiger partial charge in [0.1, 0.15) is 11.6 Å². The minimum atomic E-state index is -0.0940. The van der Waals surface area contributed by atoms with Crippen LogP contribution in [0.15, 0.2) is 24.5 Å². The number of aromatic hydroxyl groups is 1. The number of phenolic OH excluding ortho intramolecular Hbond substituents is 1. The Hall–Kier alpha value is -1.48. The van der Waals surface area contributed by atoms with Gasteiger partial charge in [0.15, 0.2) is 0 Å². The average molecular weight is 323 g/mol. The minimum Gasteiger partial charge on any atom is -0.507 e. The van der Waals surface area contributed by atoms with E-state index in [0.29, 0.717) is 12.2 Å². The van der Waals surface area contributed by atoms with Gasteiger partial charge in [-0.3, -0.25) is 0 Å². The van der Waals surface area contributed by atoms with Crippen LogP contribution in [0.5, 0.6) is 5.75 Å². The topological polar surface area (TPSA) is 48.9 Å². The summed E-state index contributed by atoms with van der Waals surface area (Å²) in [7, 11) is 0. The van der Waals surface area contributed by atoms with Crippen molar-refractivity contribution in [2.24, 2.45) is 0 Å². The van der Waals surface area contributed by atoms with Gasteiger partial charge in [-0.05, 0) is 22.0 Å². The van der Waals surface area contributed by atoms with Crippen molar-refractivity contribution < 1.29 is 5.11 Å². The van der Waals surface area contributed by atoms with Crippen LogP contribution < -0.4 is 0 Å². The maximum absolute atomic E-state index is 10.7. The molecule has 0 bridgehead atoms. The summed E-state index contributed by atoms with van der Waals surface area (Å²) in [4.78, 5) is 7.38. The molecule has 0 aliphatic rings. The fraction of sp³-hybridized carbons (Fsp3) is 0.500. The Balaban J connectivity index is 0.00000242. The summed E-state index contributed by atoms with van der Waals surface area (Å²) in [6.07, 6.45) is 4.17. The number of aromatic nitrogens is 2. The second kappa shape index (κ2) is 6.33. The van der Waals surface area contributed by atoms with Gasteiger partial charge in [0, 0.05) is 24.4 Å². The van der Waals surface area contributed by atoms with Gasteiger partial charge in [0.05, 0.1) is 0 Å². The summed E-state index contributed by atoms with van der Waals surface area (Å²) in [5.41, 5.74) is 3.13. The molecule has 0 atom stereocenters. The van der Waals surface area contributed by atoms with Crippen LogP contribution in [0, 0.1) is 0 Å². The van der Waals surface area contributed by atoms with Crippen molar-refractivity contribution in [3.05, 3.63) is 47.0 Å². The molecular formula is C18H27ClN2O. The van der Waals surface area contributed by atoms with Gasteiger partial charge in [-0.25, -0.2) is 4.98 Å². The maximum atomic E-state index is 10.7. The zero-order valence-electron chi connectivity index (χ0n) is 14.3. The highest BCUT2D eigenvalue weighted by atomic mass is 35.5. The first-order valence-corrected chi connectivity index (χ1v) is 7.44. The van der Waals surface area contributed by atoms with E-state index >= 15 is 0 Å². The van der Waals surface area contributed by atoms with Crippen molar-refractivity contribution in [3.63, 3.8) is 0 Å². The van der Waals surface area contributed by atoms with Crippen molar-refractivity contribution in [1.29, 1.82) is 0 Å². The highest BCUT2D eigenvalue weighted by Crippen LogP contribution is 2.38. The van der Waals surface area contributed by atoms with Gasteiger partial charge >= 0.3 is 0 Å². The number of nitrogens with one attached hydrogen (secondary N) is 1. The lowest BCUT2D eigenvalue weighted by atomic mass is 9.78. The predicted molar refractivity (Wildman–Crippen MR) is 94.1 cm³/mol. The van der Waals surface area contributed by atoms with Gasteiger partial charge in [0.25, 0.3) is 0 Å². The molecule has 0 spiro atoms. The molecule has 1 aromatic heterocycles. The van der Waals surface area contributed by atoms with E-state index in [1.54, 1.807) is 6.20 Å². The van der Waals surface area contributed by atoms with Crippen LogP contribution in [0.3, 0.4) is 0 Å². The predicted octanol–water partition coefficient (Wildman–Crippen LogP) is 4.72. The molecule has 2 N–H and O–H groups in total. The largest absolute Gasteiger partial charge is 0.507 e. The number of rotatable bonds is 2. The van der Waals surface area contributed by atoms with Crippen LogP contribution in [-0.4, -0.2) is 15.1 Å². The van der Waals surface area contributed by atoms with Crippen LogP contribution in [0.25, 0.3) is 0 Å². The average Bonchev–Trinajstić information content (AvgIpc) is 2.81. The summed E-state index contributed by atoms with van der Waals surface area (Å²) >= 11 is 0. The minimum absolute atomic E-state index is 0. The Morgan fingerprint density at radius 2 is 1.68 bits per heavy atom. The molecule has 0 aliphatic heterocycles. The van der Waals surface area contributed by atoms with Crippen molar-refractivity contribution in [2.45, 2.75) is 58.8 Å². The van der Waals surface area contributed by atoms with Gasteiger partial charge in [-0.2, -0.15) is 0 Å². The second-order valence-electron chi connectivity index (χ2n) is 7.74. The SMILES string of the molecule is CC(C)(C)c1cc(Cc2ncc[nH]2)c(O)c(C(C)(C)C)c1.Cl. The van der Waals surface area contributed by atoms with E-state index < -0.39 is 0 Å². The molecule has 0 fully saturated rings. The van der Waals surface area contributed by atoms with Crippen LogP contribution >= 0.6 is 12.4 Å². The number of imidazole rings is 1. The number of nitrogens with zero attached hydrogens (tertiary/aromatic N) is 1. The summed E-state index contributed by atoms with van der Waals surface area (Å²) in [5.74, 6) is 1.27. The number of phenols is 1. The van der Waals surface area contributed by atoms with Gasteiger partial charge in [-0.1, -0.05) is 53.7 Å². The molecule has 1 heterocycles. The first-order valence-electron chi connectivity index (χ1n) is 7.44. The highest BCUT2D eigenvalue weighted by molar-refractivity contribution is 5.85. The van der Waals surface area contributed by atoms with E-state index in [2.05, 4.69) is 63.6 Å². The summed E-state index contributed by atoms with van der Waals surface area (Å²) < 4.78 is 0. The number of hydrogen-bond donors (Lipinski definition) is 2. The molecular weight excluding hydrogens is 296 g/mol. The van der Waals surface area contributed by atoms with Gasteiger partial charge in [-0.15, -0.1) is 12.4 Å². The third kappa shape index (κ3) is 4.04. The Kier molecular flexibility index (Phi) is 5.34. The third-order valence-electron chi connectivity index (χ3n) is 3.78. The molecule has 0 saturated heterocycles. The Morgan fingerprint density at radius 1 is 1.05 bits per heavy atom. The second-order valence-corrected chi connectivity index (χ2v) is 7.74. The number of halogens is 1. The monoisotopic (exact) mass is 322 g/mol. The number of benzene rings is 1.